The first-order chi connectivity index (χ1) is 7.17. The van der Waals surface area contributed by atoms with Gasteiger partial charge in [0, 0.05) is 17.1 Å². The quantitative estimate of drug-likeness (QED) is 0.772. The van der Waals surface area contributed by atoms with Crippen molar-refractivity contribution < 1.29 is 9.47 Å². The van der Waals surface area contributed by atoms with Crippen molar-refractivity contribution in [2.24, 2.45) is 0 Å². The lowest BCUT2D eigenvalue weighted by Gasteiger charge is -2.16. The van der Waals surface area contributed by atoms with E-state index in [0.29, 0.717) is 12.5 Å². The molecule has 0 N–H and O–H groups in total. The molecule has 15 heavy (non-hydrogen) atoms. The van der Waals surface area contributed by atoms with Crippen LogP contribution < -0.4 is 4.74 Å². The molecule has 2 nitrogen and oxygen atoms in total. The van der Waals surface area contributed by atoms with Crippen LogP contribution >= 0.6 is 27.5 Å². The lowest BCUT2D eigenvalue weighted by atomic mass is 10.2. The molecule has 1 rings (SSSR count). The monoisotopic (exact) mass is 292 g/mol. The zero-order valence-corrected chi connectivity index (χ0v) is 11.1. The number of methoxy groups -OCH3 is 1. The van der Waals surface area contributed by atoms with E-state index in [-0.39, 0.29) is 6.10 Å². The van der Waals surface area contributed by atoms with Gasteiger partial charge < -0.3 is 9.47 Å². The molecule has 1 aromatic rings. The number of hydrogen-bond acceptors (Lipinski definition) is 2. The Morgan fingerprint density at radius 2 is 2.20 bits per heavy atom. The summed E-state index contributed by atoms with van der Waals surface area (Å²) in [6, 6.07) is 5.81. The molecule has 1 atom stereocenters. The fraction of sp³-hybridized carbons (Fsp3) is 0.455. The van der Waals surface area contributed by atoms with Crippen LogP contribution in [0, 0.1) is 0 Å². The van der Waals surface area contributed by atoms with E-state index in [9.17, 15) is 0 Å². The summed E-state index contributed by atoms with van der Waals surface area (Å²) in [6.07, 6.45) is 0.0261. The van der Waals surface area contributed by atoms with Gasteiger partial charge in [0.1, 0.15) is 11.9 Å². The summed E-state index contributed by atoms with van der Waals surface area (Å²) in [5.74, 6) is 1.26. The van der Waals surface area contributed by atoms with Crippen molar-refractivity contribution in [1.82, 2.24) is 0 Å². The van der Waals surface area contributed by atoms with Gasteiger partial charge in [0.15, 0.2) is 0 Å². The summed E-state index contributed by atoms with van der Waals surface area (Å²) < 4.78 is 11.7. The van der Waals surface area contributed by atoms with Gasteiger partial charge in [-0.1, -0.05) is 15.9 Å². The average Bonchev–Trinajstić information content (AvgIpc) is 2.21. The smallest absolute Gasteiger partial charge is 0.124 e. The van der Waals surface area contributed by atoms with Crippen LogP contribution in [0.1, 0.15) is 12.5 Å². The van der Waals surface area contributed by atoms with E-state index in [0.717, 1.165) is 15.8 Å². The SMILES string of the molecule is COCC(C)Oc1ccc(Br)cc1CCl. The zero-order chi connectivity index (χ0) is 11.3. The van der Waals surface area contributed by atoms with Crippen molar-refractivity contribution in [2.45, 2.75) is 18.9 Å². The Bertz CT molecular complexity index is 317. The van der Waals surface area contributed by atoms with Crippen molar-refractivity contribution in [2.75, 3.05) is 13.7 Å². The first kappa shape index (κ1) is 12.8. The highest BCUT2D eigenvalue weighted by Crippen LogP contribution is 2.25. The average molecular weight is 294 g/mol. The molecule has 4 heteroatoms. The van der Waals surface area contributed by atoms with Crippen molar-refractivity contribution in [3.8, 4) is 5.75 Å². The summed E-state index contributed by atoms with van der Waals surface area (Å²) >= 11 is 9.23. The summed E-state index contributed by atoms with van der Waals surface area (Å²) in [4.78, 5) is 0. The third kappa shape index (κ3) is 4.01. The fourth-order valence-electron chi connectivity index (χ4n) is 1.25. The topological polar surface area (TPSA) is 18.5 Å². The number of ether oxygens (including phenoxy) is 2. The summed E-state index contributed by atoms with van der Waals surface area (Å²) in [5.41, 5.74) is 0.981. The first-order valence-corrected chi connectivity index (χ1v) is 6.00. The van der Waals surface area contributed by atoms with E-state index in [1.54, 1.807) is 7.11 Å². The molecule has 84 valence electrons. The number of alkyl halides is 1. The van der Waals surface area contributed by atoms with Gasteiger partial charge in [-0.15, -0.1) is 11.6 Å². The zero-order valence-electron chi connectivity index (χ0n) is 8.80. The molecule has 0 fully saturated rings. The van der Waals surface area contributed by atoms with Gasteiger partial charge in [-0.2, -0.15) is 0 Å². The normalized spacial score (nSPS) is 12.5. The largest absolute Gasteiger partial charge is 0.488 e. The summed E-state index contributed by atoms with van der Waals surface area (Å²) in [6.45, 7) is 2.53. The van der Waals surface area contributed by atoms with Gasteiger partial charge in [0.25, 0.3) is 0 Å². The van der Waals surface area contributed by atoms with Crippen LogP contribution in [0.25, 0.3) is 0 Å². The Balaban J connectivity index is 2.75. The molecule has 0 aromatic heterocycles. The van der Waals surface area contributed by atoms with E-state index in [2.05, 4.69) is 15.9 Å². The lowest BCUT2D eigenvalue weighted by molar-refractivity contribution is 0.0915. The van der Waals surface area contributed by atoms with E-state index in [4.69, 9.17) is 21.1 Å². The Morgan fingerprint density at radius 3 is 2.80 bits per heavy atom. The van der Waals surface area contributed by atoms with Gasteiger partial charge >= 0.3 is 0 Å². The van der Waals surface area contributed by atoms with Crippen LogP contribution in [-0.4, -0.2) is 19.8 Å². The van der Waals surface area contributed by atoms with Crippen LogP contribution in [0.15, 0.2) is 22.7 Å². The highest BCUT2D eigenvalue weighted by molar-refractivity contribution is 9.10. The number of hydrogen-bond donors (Lipinski definition) is 0. The van der Waals surface area contributed by atoms with Crippen molar-refractivity contribution in [1.29, 1.82) is 0 Å². The Morgan fingerprint density at radius 1 is 1.47 bits per heavy atom. The van der Waals surface area contributed by atoms with E-state index >= 15 is 0 Å². The maximum atomic E-state index is 5.83. The van der Waals surface area contributed by atoms with Crippen LogP contribution in [0.5, 0.6) is 5.75 Å². The Hall–Kier alpha value is -0.250. The molecule has 1 unspecified atom stereocenters. The molecule has 0 aliphatic heterocycles. The molecule has 0 amide bonds. The number of benzene rings is 1. The fourth-order valence-corrected chi connectivity index (χ4v) is 1.87. The molecule has 0 saturated carbocycles. The summed E-state index contributed by atoms with van der Waals surface area (Å²) in [5, 5.41) is 0. The number of rotatable bonds is 5. The molecule has 0 spiro atoms. The minimum Gasteiger partial charge on any atom is -0.488 e. The third-order valence-corrected chi connectivity index (χ3v) is 2.68. The molecule has 0 saturated heterocycles. The maximum Gasteiger partial charge on any atom is 0.124 e. The minimum atomic E-state index is 0.0261. The highest BCUT2D eigenvalue weighted by atomic mass is 79.9. The molecular weight excluding hydrogens is 279 g/mol. The second-order valence-electron chi connectivity index (χ2n) is 3.27. The second kappa shape index (κ2) is 6.36. The van der Waals surface area contributed by atoms with E-state index in [1.165, 1.54) is 0 Å². The minimum absolute atomic E-state index is 0.0261. The van der Waals surface area contributed by atoms with Gasteiger partial charge in [0.05, 0.1) is 12.5 Å². The second-order valence-corrected chi connectivity index (χ2v) is 4.45. The predicted molar refractivity (Wildman–Crippen MR) is 65.7 cm³/mol. The van der Waals surface area contributed by atoms with Crippen molar-refractivity contribution >= 4 is 27.5 Å². The molecular formula is C11H14BrClO2. The van der Waals surface area contributed by atoms with Crippen molar-refractivity contribution in [3.63, 3.8) is 0 Å². The third-order valence-electron chi connectivity index (χ3n) is 1.90. The van der Waals surface area contributed by atoms with Crippen LogP contribution in [0.3, 0.4) is 0 Å². The van der Waals surface area contributed by atoms with Gasteiger partial charge in [-0.05, 0) is 25.1 Å². The van der Waals surface area contributed by atoms with Gasteiger partial charge in [-0.3, -0.25) is 0 Å². The van der Waals surface area contributed by atoms with Gasteiger partial charge in [0.2, 0.25) is 0 Å². The predicted octanol–water partition coefficient (Wildman–Crippen LogP) is 3.60. The lowest BCUT2D eigenvalue weighted by Crippen LogP contribution is -2.18. The maximum absolute atomic E-state index is 5.83. The molecule has 0 aliphatic carbocycles. The van der Waals surface area contributed by atoms with E-state index in [1.807, 2.05) is 25.1 Å². The molecule has 0 heterocycles. The van der Waals surface area contributed by atoms with Crippen molar-refractivity contribution in [3.05, 3.63) is 28.2 Å². The van der Waals surface area contributed by atoms with Crippen LogP contribution in [0.2, 0.25) is 0 Å². The highest BCUT2D eigenvalue weighted by Gasteiger charge is 2.08. The Kier molecular flexibility index (Phi) is 5.43. The standard InChI is InChI=1S/C11H14BrClO2/c1-8(7-14-2)15-11-4-3-10(12)5-9(11)6-13/h3-5,8H,6-7H2,1-2H3. The van der Waals surface area contributed by atoms with E-state index < -0.39 is 0 Å². The van der Waals surface area contributed by atoms with Crippen LogP contribution in [-0.2, 0) is 10.6 Å². The number of halogens is 2. The molecule has 0 aliphatic rings. The molecule has 0 bridgehead atoms. The first-order valence-electron chi connectivity index (χ1n) is 4.67. The van der Waals surface area contributed by atoms with Crippen LogP contribution in [0.4, 0.5) is 0 Å². The summed E-state index contributed by atoms with van der Waals surface area (Å²) in [7, 11) is 1.66. The molecule has 0 radical (unpaired) electrons. The van der Waals surface area contributed by atoms with Gasteiger partial charge in [-0.25, -0.2) is 0 Å². The molecule has 1 aromatic carbocycles. The Labute approximate surface area is 104 Å².